The van der Waals surface area contributed by atoms with E-state index in [4.69, 9.17) is 0 Å². The minimum Gasteiger partial charge on any atom is -0.378 e. The van der Waals surface area contributed by atoms with Gasteiger partial charge in [0.25, 0.3) is 0 Å². The van der Waals surface area contributed by atoms with Gasteiger partial charge in [0.2, 0.25) is 0 Å². The number of rotatable bonds is 1. The third kappa shape index (κ3) is 1.63. The second-order valence-electron chi connectivity index (χ2n) is 3.10. The zero-order valence-corrected chi connectivity index (χ0v) is 6.96. The van der Waals surface area contributed by atoms with Gasteiger partial charge in [0.1, 0.15) is 0 Å². The molecule has 0 aromatic carbocycles. The van der Waals surface area contributed by atoms with Gasteiger partial charge >= 0.3 is 0 Å². The second kappa shape index (κ2) is 2.91. The average Bonchev–Trinajstić information content (AvgIpc) is 1.88. The molecule has 0 aromatic rings. The number of allylic oxidation sites excluding steroid dienone is 3. The molecule has 1 nitrogen and oxygen atoms in total. The predicted molar refractivity (Wildman–Crippen MR) is 44.7 cm³/mol. The summed E-state index contributed by atoms with van der Waals surface area (Å²) in [5.74, 6) is 0.711. The Balaban J connectivity index is 2.66. The third-order valence-corrected chi connectivity index (χ3v) is 1.77. The molecule has 0 unspecified atom stereocenters. The summed E-state index contributed by atoms with van der Waals surface area (Å²) in [6.07, 6.45) is 7.91. The zero-order valence-electron chi connectivity index (χ0n) is 6.96. The predicted octanol–water partition coefficient (Wildman–Crippen LogP) is 2.03. The normalized spacial score (nSPS) is 24.3. The molecule has 0 bridgehead atoms. The monoisotopic (exact) mass is 137 g/mol. The van der Waals surface area contributed by atoms with Gasteiger partial charge in [0.05, 0.1) is 0 Å². The fourth-order valence-electron chi connectivity index (χ4n) is 1.12. The maximum absolute atomic E-state index is 2.31. The first-order chi connectivity index (χ1) is 4.70. The molecule has 1 aliphatic carbocycles. The molecule has 0 aliphatic heterocycles. The molecular weight excluding hydrogens is 122 g/mol. The fourth-order valence-corrected chi connectivity index (χ4v) is 1.12. The Bertz CT molecular complexity index is 166. The molecule has 0 spiro atoms. The molecule has 1 rings (SSSR count). The standard InChI is InChI=1S/C9H15N/c1-8-5-4-6-9(7-8)10(2)3/h4,6-8H,5H2,1-3H3/t8-/m1/s1. The van der Waals surface area contributed by atoms with Crippen molar-refractivity contribution in [3.05, 3.63) is 23.9 Å². The Hall–Kier alpha value is -0.720. The lowest BCUT2D eigenvalue weighted by molar-refractivity contribution is 0.513. The first kappa shape index (κ1) is 7.39. The topological polar surface area (TPSA) is 3.24 Å². The molecule has 0 N–H and O–H groups in total. The van der Waals surface area contributed by atoms with Gasteiger partial charge in [0, 0.05) is 19.8 Å². The Morgan fingerprint density at radius 3 is 2.60 bits per heavy atom. The summed E-state index contributed by atoms with van der Waals surface area (Å²) in [4.78, 5) is 2.14. The van der Waals surface area contributed by atoms with Gasteiger partial charge in [0.15, 0.2) is 0 Å². The van der Waals surface area contributed by atoms with Gasteiger partial charge in [-0.25, -0.2) is 0 Å². The minimum absolute atomic E-state index is 0.711. The van der Waals surface area contributed by atoms with Crippen LogP contribution in [0.1, 0.15) is 13.3 Å². The summed E-state index contributed by atoms with van der Waals surface area (Å²) in [7, 11) is 4.16. The highest BCUT2D eigenvalue weighted by atomic mass is 15.1. The van der Waals surface area contributed by atoms with Gasteiger partial charge in [-0.1, -0.05) is 19.1 Å². The van der Waals surface area contributed by atoms with Crippen LogP contribution in [0.4, 0.5) is 0 Å². The number of hydrogen-bond donors (Lipinski definition) is 0. The van der Waals surface area contributed by atoms with E-state index in [0.29, 0.717) is 5.92 Å². The number of hydrogen-bond acceptors (Lipinski definition) is 1. The molecule has 1 atom stereocenters. The molecule has 0 saturated heterocycles. The third-order valence-electron chi connectivity index (χ3n) is 1.77. The van der Waals surface area contributed by atoms with Crippen molar-refractivity contribution in [1.82, 2.24) is 4.90 Å². The van der Waals surface area contributed by atoms with Crippen molar-refractivity contribution in [2.75, 3.05) is 14.1 Å². The molecule has 0 amide bonds. The van der Waals surface area contributed by atoms with E-state index in [1.54, 1.807) is 0 Å². The van der Waals surface area contributed by atoms with Crippen molar-refractivity contribution in [2.45, 2.75) is 13.3 Å². The van der Waals surface area contributed by atoms with E-state index in [-0.39, 0.29) is 0 Å². The van der Waals surface area contributed by atoms with E-state index < -0.39 is 0 Å². The molecule has 0 heterocycles. The molecule has 1 heteroatoms. The summed E-state index contributed by atoms with van der Waals surface area (Å²) >= 11 is 0. The summed E-state index contributed by atoms with van der Waals surface area (Å²) < 4.78 is 0. The van der Waals surface area contributed by atoms with Gasteiger partial charge in [-0.3, -0.25) is 0 Å². The van der Waals surface area contributed by atoms with Crippen LogP contribution in [0.25, 0.3) is 0 Å². The van der Waals surface area contributed by atoms with Crippen molar-refractivity contribution in [3.63, 3.8) is 0 Å². The van der Waals surface area contributed by atoms with Crippen LogP contribution >= 0.6 is 0 Å². The second-order valence-corrected chi connectivity index (χ2v) is 3.10. The van der Waals surface area contributed by atoms with E-state index in [2.05, 4.69) is 44.1 Å². The van der Waals surface area contributed by atoms with Crippen LogP contribution < -0.4 is 0 Å². The Morgan fingerprint density at radius 1 is 1.50 bits per heavy atom. The lowest BCUT2D eigenvalue weighted by Gasteiger charge is -2.18. The summed E-state index contributed by atoms with van der Waals surface area (Å²) in [5.41, 5.74) is 1.33. The summed E-state index contributed by atoms with van der Waals surface area (Å²) in [6.45, 7) is 2.24. The molecule has 1 aliphatic rings. The Morgan fingerprint density at radius 2 is 2.20 bits per heavy atom. The molecule has 10 heavy (non-hydrogen) atoms. The fraction of sp³-hybridized carbons (Fsp3) is 0.556. The SMILES string of the molecule is C[C@H]1C=C(N(C)C)C=CC1. The summed E-state index contributed by atoms with van der Waals surface area (Å²) in [6, 6.07) is 0. The lowest BCUT2D eigenvalue weighted by atomic mass is 10.0. The number of nitrogens with zero attached hydrogens (tertiary/aromatic N) is 1. The van der Waals surface area contributed by atoms with Crippen LogP contribution in [0.3, 0.4) is 0 Å². The molecule has 0 fully saturated rings. The highest BCUT2D eigenvalue weighted by Gasteiger charge is 2.03. The van der Waals surface area contributed by atoms with Gasteiger partial charge in [-0.2, -0.15) is 0 Å². The van der Waals surface area contributed by atoms with Crippen molar-refractivity contribution in [1.29, 1.82) is 0 Å². The van der Waals surface area contributed by atoms with Crippen LogP contribution in [0.2, 0.25) is 0 Å². The molecule has 0 radical (unpaired) electrons. The first-order valence-corrected chi connectivity index (χ1v) is 3.76. The van der Waals surface area contributed by atoms with Crippen LogP contribution in [0.15, 0.2) is 23.9 Å². The van der Waals surface area contributed by atoms with E-state index in [9.17, 15) is 0 Å². The molecule has 0 aromatic heterocycles. The highest BCUT2D eigenvalue weighted by molar-refractivity contribution is 5.21. The van der Waals surface area contributed by atoms with Crippen LogP contribution in [0.5, 0.6) is 0 Å². The van der Waals surface area contributed by atoms with Crippen molar-refractivity contribution in [2.24, 2.45) is 5.92 Å². The van der Waals surface area contributed by atoms with Crippen molar-refractivity contribution >= 4 is 0 Å². The largest absolute Gasteiger partial charge is 0.378 e. The molecule has 56 valence electrons. The Labute approximate surface area is 63.0 Å². The van der Waals surface area contributed by atoms with Gasteiger partial charge in [-0.15, -0.1) is 0 Å². The smallest absolute Gasteiger partial charge is 0.0320 e. The van der Waals surface area contributed by atoms with E-state index in [1.165, 1.54) is 12.1 Å². The Kier molecular flexibility index (Phi) is 2.15. The average molecular weight is 137 g/mol. The quantitative estimate of drug-likeness (QED) is 0.534. The van der Waals surface area contributed by atoms with E-state index >= 15 is 0 Å². The lowest BCUT2D eigenvalue weighted by Crippen LogP contribution is -2.12. The molecule has 0 saturated carbocycles. The molecular formula is C9H15N. The maximum Gasteiger partial charge on any atom is 0.0320 e. The maximum atomic E-state index is 2.31. The summed E-state index contributed by atoms with van der Waals surface area (Å²) in [5, 5.41) is 0. The van der Waals surface area contributed by atoms with Crippen molar-refractivity contribution < 1.29 is 0 Å². The van der Waals surface area contributed by atoms with E-state index in [0.717, 1.165) is 0 Å². The van der Waals surface area contributed by atoms with Crippen LogP contribution in [-0.4, -0.2) is 19.0 Å². The van der Waals surface area contributed by atoms with Crippen LogP contribution in [0, 0.1) is 5.92 Å². The van der Waals surface area contributed by atoms with E-state index in [1.807, 2.05) is 0 Å². The zero-order chi connectivity index (χ0) is 7.56. The van der Waals surface area contributed by atoms with Gasteiger partial charge < -0.3 is 4.90 Å². The minimum atomic E-state index is 0.711. The first-order valence-electron chi connectivity index (χ1n) is 3.76. The number of likely N-dealkylation sites (N-methyl/N-ethyl adjacent to an activating group) is 1. The highest BCUT2D eigenvalue weighted by Crippen LogP contribution is 2.16. The van der Waals surface area contributed by atoms with Crippen LogP contribution in [-0.2, 0) is 0 Å². The van der Waals surface area contributed by atoms with Crippen molar-refractivity contribution in [3.8, 4) is 0 Å². The van der Waals surface area contributed by atoms with Gasteiger partial charge in [-0.05, 0) is 18.4 Å².